The number of allylic oxidation sites excluding steroid dienone is 1. The Morgan fingerprint density at radius 2 is 2.06 bits per heavy atom. The number of hydrogen-bond acceptors (Lipinski definition) is 3. The second-order valence-corrected chi connectivity index (χ2v) is 3.34. The number of rotatable bonds is 4. The molecule has 0 fully saturated rings. The summed E-state index contributed by atoms with van der Waals surface area (Å²) in [5.41, 5.74) is 8.71. The number of nitrogens with one attached hydrogen (secondary N) is 1. The van der Waals surface area contributed by atoms with E-state index in [1.54, 1.807) is 20.1 Å². The number of nitrogens with zero attached hydrogens (tertiary/aromatic N) is 1. The van der Waals surface area contributed by atoms with E-state index in [1.165, 1.54) is 0 Å². The topological polar surface area (TPSA) is 76.7 Å². The molecule has 17 heavy (non-hydrogen) atoms. The van der Waals surface area contributed by atoms with Crippen LogP contribution in [0.25, 0.3) is 6.08 Å². The fraction of sp³-hybridized carbons (Fsp3) is 0.167. The van der Waals surface area contributed by atoms with Gasteiger partial charge >= 0.3 is 6.03 Å². The predicted molar refractivity (Wildman–Crippen MR) is 67.9 cm³/mol. The van der Waals surface area contributed by atoms with Crippen LogP contribution in [0.1, 0.15) is 12.5 Å². The Balaban J connectivity index is 2.63. The highest BCUT2D eigenvalue weighted by Gasteiger charge is 1.91. The lowest BCUT2D eigenvalue weighted by atomic mass is 10.2. The normalized spacial score (nSPS) is 11.5. The van der Waals surface area contributed by atoms with Crippen molar-refractivity contribution < 1.29 is 9.53 Å². The molecule has 0 saturated heterocycles. The molecular weight excluding hydrogens is 218 g/mol. The summed E-state index contributed by atoms with van der Waals surface area (Å²) in [5, 5.41) is 3.75. The number of benzene rings is 1. The van der Waals surface area contributed by atoms with Crippen LogP contribution in [0.15, 0.2) is 35.4 Å². The summed E-state index contributed by atoms with van der Waals surface area (Å²) in [6.45, 7) is 1.76. The van der Waals surface area contributed by atoms with Gasteiger partial charge in [-0.3, -0.25) is 0 Å². The molecule has 2 amide bonds. The maximum absolute atomic E-state index is 10.4. The standard InChI is InChI=1S/C12H15N3O2/c1-9(14-15-12(13)16)3-4-10-5-7-11(17-2)8-6-10/h3-8H,1-2H3,(H3,13,15,16). The number of hydrogen-bond donors (Lipinski definition) is 2. The highest BCUT2D eigenvalue weighted by Crippen LogP contribution is 2.12. The van der Waals surface area contributed by atoms with E-state index in [1.807, 2.05) is 30.3 Å². The van der Waals surface area contributed by atoms with Crippen molar-refractivity contribution >= 4 is 17.8 Å². The smallest absolute Gasteiger partial charge is 0.332 e. The molecule has 90 valence electrons. The van der Waals surface area contributed by atoms with Gasteiger partial charge < -0.3 is 10.5 Å². The third-order valence-electron chi connectivity index (χ3n) is 1.98. The third kappa shape index (κ3) is 4.83. The first-order chi connectivity index (χ1) is 8.11. The molecule has 5 heteroatoms. The lowest BCUT2D eigenvalue weighted by Gasteiger charge is -1.99. The van der Waals surface area contributed by atoms with E-state index in [9.17, 15) is 4.79 Å². The Kier molecular flexibility index (Phi) is 4.75. The molecule has 0 aliphatic heterocycles. The van der Waals surface area contributed by atoms with Crippen LogP contribution in [0.5, 0.6) is 5.75 Å². The van der Waals surface area contributed by atoms with Crippen molar-refractivity contribution in [3.63, 3.8) is 0 Å². The van der Waals surface area contributed by atoms with Gasteiger partial charge in [-0.2, -0.15) is 5.10 Å². The fourth-order valence-corrected chi connectivity index (χ4v) is 1.11. The van der Waals surface area contributed by atoms with Gasteiger partial charge in [0.25, 0.3) is 0 Å². The zero-order valence-electron chi connectivity index (χ0n) is 9.81. The van der Waals surface area contributed by atoms with Gasteiger partial charge in [0.15, 0.2) is 0 Å². The molecule has 0 spiro atoms. The summed E-state index contributed by atoms with van der Waals surface area (Å²) >= 11 is 0. The average Bonchev–Trinajstić information content (AvgIpc) is 2.34. The summed E-state index contributed by atoms with van der Waals surface area (Å²) < 4.78 is 5.05. The molecular formula is C12H15N3O2. The van der Waals surface area contributed by atoms with Gasteiger partial charge in [0, 0.05) is 0 Å². The zero-order chi connectivity index (χ0) is 12.7. The van der Waals surface area contributed by atoms with Crippen LogP contribution in [-0.2, 0) is 0 Å². The predicted octanol–water partition coefficient (Wildman–Crippen LogP) is 1.75. The number of hydrazone groups is 1. The molecule has 0 unspecified atom stereocenters. The minimum atomic E-state index is -0.679. The number of primary amides is 1. The summed E-state index contributed by atoms with van der Waals surface area (Å²) in [6.07, 6.45) is 3.65. The summed E-state index contributed by atoms with van der Waals surface area (Å²) in [5.74, 6) is 0.808. The Hall–Kier alpha value is -2.30. The first kappa shape index (κ1) is 12.8. The van der Waals surface area contributed by atoms with Crippen LogP contribution >= 0.6 is 0 Å². The van der Waals surface area contributed by atoms with Crippen molar-refractivity contribution in [1.82, 2.24) is 5.43 Å². The number of amides is 2. The van der Waals surface area contributed by atoms with E-state index in [0.29, 0.717) is 5.71 Å². The van der Waals surface area contributed by atoms with Crippen molar-refractivity contribution in [1.29, 1.82) is 0 Å². The number of carbonyl (C=O) groups excluding carboxylic acids is 1. The molecule has 0 aromatic heterocycles. The maximum Gasteiger partial charge on any atom is 0.332 e. The number of urea groups is 1. The highest BCUT2D eigenvalue weighted by atomic mass is 16.5. The fourth-order valence-electron chi connectivity index (χ4n) is 1.11. The molecule has 0 aliphatic carbocycles. The molecule has 0 aliphatic rings. The van der Waals surface area contributed by atoms with E-state index < -0.39 is 6.03 Å². The lowest BCUT2D eigenvalue weighted by molar-refractivity contribution is 0.249. The summed E-state index contributed by atoms with van der Waals surface area (Å²) in [7, 11) is 1.62. The summed E-state index contributed by atoms with van der Waals surface area (Å²) in [4.78, 5) is 10.4. The molecule has 0 bridgehead atoms. The van der Waals surface area contributed by atoms with E-state index in [4.69, 9.17) is 10.5 Å². The third-order valence-corrected chi connectivity index (χ3v) is 1.98. The SMILES string of the molecule is COc1ccc(C=CC(C)=NNC(N)=O)cc1. The van der Waals surface area contributed by atoms with E-state index in [-0.39, 0.29) is 0 Å². The van der Waals surface area contributed by atoms with Gasteiger partial charge in [0.2, 0.25) is 0 Å². The average molecular weight is 233 g/mol. The number of methoxy groups -OCH3 is 1. The van der Waals surface area contributed by atoms with Gasteiger partial charge in [0.05, 0.1) is 12.8 Å². The Labute approximate surface area is 100.0 Å². The van der Waals surface area contributed by atoms with Crippen LogP contribution in [-0.4, -0.2) is 18.9 Å². The molecule has 3 N–H and O–H groups in total. The molecule has 0 heterocycles. The number of ether oxygens (including phenoxy) is 1. The monoisotopic (exact) mass is 233 g/mol. The molecule has 0 radical (unpaired) electrons. The van der Waals surface area contributed by atoms with Crippen molar-refractivity contribution in [2.45, 2.75) is 6.92 Å². The van der Waals surface area contributed by atoms with Gasteiger partial charge in [-0.1, -0.05) is 18.2 Å². The number of carbonyl (C=O) groups is 1. The van der Waals surface area contributed by atoms with Crippen molar-refractivity contribution in [3.05, 3.63) is 35.9 Å². The first-order valence-corrected chi connectivity index (χ1v) is 5.03. The van der Waals surface area contributed by atoms with Crippen molar-refractivity contribution in [2.75, 3.05) is 7.11 Å². The zero-order valence-corrected chi connectivity index (χ0v) is 9.81. The molecule has 0 saturated carbocycles. The second-order valence-electron chi connectivity index (χ2n) is 3.34. The molecule has 1 aromatic carbocycles. The minimum Gasteiger partial charge on any atom is -0.497 e. The second kappa shape index (κ2) is 6.32. The molecule has 1 rings (SSSR count). The van der Waals surface area contributed by atoms with Crippen LogP contribution in [0.4, 0.5) is 4.79 Å². The van der Waals surface area contributed by atoms with Gasteiger partial charge in [-0.25, -0.2) is 10.2 Å². The van der Waals surface area contributed by atoms with Crippen molar-refractivity contribution in [3.8, 4) is 5.75 Å². The molecule has 5 nitrogen and oxygen atoms in total. The summed E-state index contributed by atoms with van der Waals surface area (Å²) in [6, 6.07) is 6.90. The van der Waals surface area contributed by atoms with Crippen LogP contribution in [0.2, 0.25) is 0 Å². The number of nitrogens with two attached hydrogens (primary N) is 1. The molecule has 0 atom stereocenters. The first-order valence-electron chi connectivity index (χ1n) is 5.03. The van der Waals surface area contributed by atoms with Crippen LogP contribution < -0.4 is 15.9 Å². The lowest BCUT2D eigenvalue weighted by Crippen LogP contribution is -2.25. The van der Waals surface area contributed by atoms with Crippen LogP contribution in [0.3, 0.4) is 0 Å². The van der Waals surface area contributed by atoms with Crippen LogP contribution in [0, 0.1) is 0 Å². The van der Waals surface area contributed by atoms with E-state index in [0.717, 1.165) is 11.3 Å². The minimum absolute atomic E-state index is 0.652. The quantitative estimate of drug-likeness (QED) is 0.614. The largest absolute Gasteiger partial charge is 0.497 e. The molecule has 1 aromatic rings. The highest BCUT2D eigenvalue weighted by molar-refractivity contribution is 5.96. The maximum atomic E-state index is 10.4. The van der Waals surface area contributed by atoms with Gasteiger partial charge in [-0.05, 0) is 30.7 Å². The Morgan fingerprint density at radius 3 is 2.59 bits per heavy atom. The van der Waals surface area contributed by atoms with E-state index >= 15 is 0 Å². The van der Waals surface area contributed by atoms with Gasteiger partial charge in [0.1, 0.15) is 5.75 Å². The van der Waals surface area contributed by atoms with E-state index in [2.05, 4.69) is 10.5 Å². The van der Waals surface area contributed by atoms with Gasteiger partial charge in [-0.15, -0.1) is 0 Å². The van der Waals surface area contributed by atoms with Crippen molar-refractivity contribution in [2.24, 2.45) is 10.8 Å². The Bertz CT molecular complexity index is 436. The Morgan fingerprint density at radius 1 is 1.41 bits per heavy atom.